The van der Waals surface area contributed by atoms with Crippen molar-refractivity contribution in [3.05, 3.63) is 22.4 Å². The molecule has 2 aliphatic rings. The molecule has 0 aromatic carbocycles. The number of hydrogen-bond acceptors (Lipinski definition) is 6. The number of fused-ring (bicyclic) bond motifs is 1. The number of amides is 2. The van der Waals surface area contributed by atoms with E-state index in [1.54, 1.807) is 11.0 Å². The fraction of sp³-hybridized carbons (Fsp3) is 0.579. The van der Waals surface area contributed by atoms with E-state index in [1.165, 1.54) is 11.8 Å². The Labute approximate surface area is 176 Å². The van der Waals surface area contributed by atoms with Crippen LogP contribution in [0, 0.1) is 11.3 Å². The average Bonchev–Trinajstić information content (AvgIpc) is 2.69. The van der Waals surface area contributed by atoms with Gasteiger partial charge in [-0.3, -0.25) is 9.59 Å². The summed E-state index contributed by atoms with van der Waals surface area (Å²) in [5.74, 6) is -0.600. The third-order valence-electron chi connectivity index (χ3n) is 5.35. The lowest BCUT2D eigenvalue weighted by molar-refractivity contribution is -0.140. The fourth-order valence-electron chi connectivity index (χ4n) is 3.60. The summed E-state index contributed by atoms with van der Waals surface area (Å²) >= 11 is 0.865. The van der Waals surface area contributed by atoms with Gasteiger partial charge in [0, 0.05) is 63.9 Å². The number of hydrogen-bond donors (Lipinski definition) is 0. The highest BCUT2D eigenvalue weighted by Gasteiger charge is 2.41. The Morgan fingerprint density at radius 2 is 1.83 bits per heavy atom. The van der Waals surface area contributed by atoms with Crippen molar-refractivity contribution in [1.29, 1.82) is 5.26 Å². The second-order valence-electron chi connectivity index (χ2n) is 7.37. The van der Waals surface area contributed by atoms with Gasteiger partial charge < -0.3 is 14.7 Å². The maximum absolute atomic E-state index is 13.9. The molecule has 11 heteroatoms. The summed E-state index contributed by atoms with van der Waals surface area (Å²) in [4.78, 5) is 33.5. The van der Waals surface area contributed by atoms with Crippen LogP contribution in [0.5, 0.6) is 0 Å². The smallest absolute Gasteiger partial charge is 0.339 e. The molecule has 1 saturated heterocycles. The van der Waals surface area contributed by atoms with Gasteiger partial charge in [-0.2, -0.15) is 18.4 Å². The first kappa shape index (κ1) is 22.4. The second-order valence-corrected chi connectivity index (χ2v) is 8.33. The van der Waals surface area contributed by atoms with Gasteiger partial charge >= 0.3 is 6.18 Å². The quantitative estimate of drug-likeness (QED) is 0.665. The van der Waals surface area contributed by atoms with Crippen LogP contribution in [-0.4, -0.2) is 77.0 Å². The van der Waals surface area contributed by atoms with Crippen LogP contribution in [0.3, 0.4) is 0 Å². The molecule has 7 nitrogen and oxygen atoms in total. The van der Waals surface area contributed by atoms with E-state index >= 15 is 0 Å². The first-order valence-corrected chi connectivity index (χ1v) is 10.5. The zero-order chi connectivity index (χ0) is 22.1. The molecule has 0 atom stereocenters. The van der Waals surface area contributed by atoms with Gasteiger partial charge in [0.25, 0.3) is 0 Å². The second kappa shape index (κ2) is 8.81. The Hall–Kier alpha value is -2.32. The Balaban J connectivity index is 1.89. The number of piperazine rings is 1. The zero-order valence-electron chi connectivity index (χ0n) is 16.8. The van der Waals surface area contributed by atoms with E-state index in [2.05, 4.69) is 9.88 Å². The number of halogens is 3. The highest BCUT2D eigenvalue weighted by atomic mass is 32.2. The van der Waals surface area contributed by atoms with Crippen molar-refractivity contribution in [1.82, 2.24) is 19.7 Å². The number of carbonyl (C=O) groups excluding carboxylic acids is 2. The van der Waals surface area contributed by atoms with Gasteiger partial charge in [0.15, 0.2) is 0 Å². The minimum Gasteiger partial charge on any atom is -0.339 e. The van der Waals surface area contributed by atoms with Gasteiger partial charge in [0.1, 0.15) is 11.1 Å². The van der Waals surface area contributed by atoms with E-state index < -0.39 is 17.3 Å². The molecular weight excluding hydrogens is 419 g/mol. The summed E-state index contributed by atoms with van der Waals surface area (Å²) in [5, 5.41) is 9.42. The van der Waals surface area contributed by atoms with Crippen molar-refractivity contribution in [2.24, 2.45) is 0 Å². The third kappa shape index (κ3) is 4.70. The maximum Gasteiger partial charge on any atom is 0.418 e. The molecule has 0 unspecified atom stereocenters. The topological polar surface area (TPSA) is 80.5 Å². The van der Waals surface area contributed by atoms with E-state index in [-0.39, 0.29) is 53.4 Å². The van der Waals surface area contributed by atoms with Gasteiger partial charge in [-0.15, -0.1) is 0 Å². The summed E-state index contributed by atoms with van der Waals surface area (Å²) in [6.07, 6.45) is -4.60. The minimum atomic E-state index is -4.77. The Kier molecular flexibility index (Phi) is 6.57. The SMILES string of the molecule is CC(=O)N1CCc2nc(SCC(=O)N3CCN(C)CC3)c(C#N)c(C(F)(F)F)c2C1. The first-order valence-electron chi connectivity index (χ1n) is 9.49. The highest BCUT2D eigenvalue weighted by Crippen LogP contribution is 2.40. The van der Waals surface area contributed by atoms with Crippen molar-refractivity contribution in [3.8, 4) is 6.07 Å². The van der Waals surface area contributed by atoms with Gasteiger partial charge in [0.2, 0.25) is 11.8 Å². The molecule has 2 amide bonds. The number of thioether (sulfide) groups is 1. The lowest BCUT2D eigenvalue weighted by Gasteiger charge is -2.32. The Morgan fingerprint density at radius 1 is 1.17 bits per heavy atom. The molecule has 30 heavy (non-hydrogen) atoms. The van der Waals surface area contributed by atoms with Crippen molar-refractivity contribution in [2.75, 3.05) is 45.5 Å². The fourth-order valence-corrected chi connectivity index (χ4v) is 4.51. The molecule has 0 N–H and O–H groups in total. The zero-order valence-corrected chi connectivity index (χ0v) is 17.6. The molecule has 0 saturated carbocycles. The monoisotopic (exact) mass is 441 g/mol. The summed E-state index contributed by atoms with van der Waals surface area (Å²) in [5.41, 5.74) is -1.53. The Morgan fingerprint density at radius 3 is 2.40 bits per heavy atom. The molecule has 1 fully saturated rings. The van der Waals surface area contributed by atoms with E-state index in [1.807, 2.05) is 7.05 Å². The van der Waals surface area contributed by atoms with Gasteiger partial charge in [-0.25, -0.2) is 4.98 Å². The average molecular weight is 441 g/mol. The molecule has 0 spiro atoms. The minimum absolute atomic E-state index is 0.0812. The van der Waals surface area contributed by atoms with Gasteiger partial charge in [-0.1, -0.05) is 11.8 Å². The van der Waals surface area contributed by atoms with Crippen molar-refractivity contribution < 1.29 is 22.8 Å². The van der Waals surface area contributed by atoms with Crippen LogP contribution < -0.4 is 0 Å². The number of aromatic nitrogens is 1. The maximum atomic E-state index is 13.9. The molecular formula is C19H22F3N5O2S. The summed E-state index contributed by atoms with van der Waals surface area (Å²) in [7, 11) is 1.96. The molecule has 3 rings (SSSR count). The van der Waals surface area contributed by atoms with Gasteiger partial charge in [-0.05, 0) is 7.05 Å². The molecule has 1 aromatic heterocycles. The normalized spacial score (nSPS) is 17.5. The number of alkyl halides is 3. The predicted octanol–water partition coefficient (Wildman–Crippen LogP) is 1.74. The summed E-state index contributed by atoms with van der Waals surface area (Å²) in [6.45, 7) is 3.94. The van der Waals surface area contributed by atoms with Crippen LogP contribution in [-0.2, 0) is 28.7 Å². The standard InChI is InChI=1S/C19H22F3N5O2S/c1-12(28)27-4-3-15-14(10-27)17(19(20,21)22)13(9-23)18(24-15)30-11-16(29)26-7-5-25(2)6-8-26/h3-8,10-11H2,1-2H3. The predicted molar refractivity (Wildman–Crippen MR) is 104 cm³/mol. The Bertz CT molecular complexity index is 892. The molecule has 0 radical (unpaired) electrons. The van der Waals surface area contributed by atoms with E-state index in [9.17, 15) is 28.0 Å². The van der Waals surface area contributed by atoms with Crippen LogP contribution in [0.25, 0.3) is 0 Å². The largest absolute Gasteiger partial charge is 0.418 e. The molecule has 2 aliphatic heterocycles. The lowest BCUT2D eigenvalue weighted by Crippen LogP contribution is -2.47. The molecule has 162 valence electrons. The van der Waals surface area contributed by atoms with Crippen LogP contribution in [0.4, 0.5) is 13.2 Å². The number of pyridine rings is 1. The number of nitriles is 1. The highest BCUT2D eigenvalue weighted by molar-refractivity contribution is 8.00. The number of likely N-dealkylation sites (N-methyl/N-ethyl adjacent to an activating group) is 1. The van der Waals surface area contributed by atoms with E-state index in [4.69, 9.17) is 0 Å². The molecule has 3 heterocycles. The number of nitrogens with zero attached hydrogens (tertiary/aromatic N) is 5. The van der Waals surface area contributed by atoms with Crippen LogP contribution in [0.1, 0.15) is 29.3 Å². The molecule has 1 aromatic rings. The van der Waals surface area contributed by atoms with Crippen LogP contribution >= 0.6 is 11.8 Å². The first-order chi connectivity index (χ1) is 14.1. The molecule has 0 bridgehead atoms. The summed E-state index contributed by atoms with van der Waals surface area (Å²) < 4.78 is 41.7. The van der Waals surface area contributed by atoms with Gasteiger partial charge in [0.05, 0.1) is 16.9 Å². The van der Waals surface area contributed by atoms with Crippen molar-refractivity contribution >= 4 is 23.6 Å². The lowest BCUT2D eigenvalue weighted by atomic mass is 9.96. The van der Waals surface area contributed by atoms with Crippen LogP contribution in [0.2, 0.25) is 0 Å². The van der Waals surface area contributed by atoms with E-state index in [0.717, 1.165) is 24.9 Å². The van der Waals surface area contributed by atoms with Crippen molar-refractivity contribution in [3.63, 3.8) is 0 Å². The van der Waals surface area contributed by atoms with E-state index in [0.29, 0.717) is 13.1 Å². The number of rotatable bonds is 3. The summed E-state index contributed by atoms with van der Waals surface area (Å²) in [6, 6.07) is 1.64. The number of carbonyl (C=O) groups is 2. The molecule has 0 aliphatic carbocycles. The third-order valence-corrected chi connectivity index (χ3v) is 6.31. The van der Waals surface area contributed by atoms with Crippen molar-refractivity contribution in [2.45, 2.75) is 31.1 Å². The van der Waals surface area contributed by atoms with Crippen LogP contribution in [0.15, 0.2) is 5.03 Å².